The molecule has 0 unspecified atom stereocenters. The van der Waals surface area contributed by atoms with Gasteiger partial charge in [-0.25, -0.2) is 9.18 Å². The fourth-order valence-electron chi connectivity index (χ4n) is 4.93. The Labute approximate surface area is 229 Å². The van der Waals surface area contributed by atoms with Crippen LogP contribution in [0.4, 0.5) is 4.39 Å². The van der Waals surface area contributed by atoms with Crippen LogP contribution in [0.3, 0.4) is 0 Å². The van der Waals surface area contributed by atoms with Crippen molar-refractivity contribution in [2.45, 2.75) is 13.1 Å². The number of hydrogen-bond donors (Lipinski definition) is 2. The number of rotatable bonds is 7. The number of benzene rings is 5. The largest absolute Gasteiger partial charge is 0.478 e. The van der Waals surface area contributed by atoms with Gasteiger partial charge in [0, 0.05) is 17.5 Å². The molecule has 6 aromatic rings. The molecule has 0 spiro atoms. The van der Waals surface area contributed by atoms with E-state index in [9.17, 15) is 14.0 Å². The third-order valence-corrected chi connectivity index (χ3v) is 6.96. The SMILES string of the molecule is O=C(O)c1ccc(CNC(=O)c2cc(-c3ccccc3F)cc3cnn(Cc4ccc5ccccc5c4)c23)cc1. The number of carbonyl (C=O) groups excluding carboxylic acids is 1. The van der Waals surface area contributed by atoms with Crippen molar-refractivity contribution in [1.29, 1.82) is 0 Å². The van der Waals surface area contributed by atoms with E-state index in [1.165, 1.54) is 18.2 Å². The van der Waals surface area contributed by atoms with Crippen molar-refractivity contribution in [3.05, 3.63) is 137 Å². The Balaban J connectivity index is 1.38. The summed E-state index contributed by atoms with van der Waals surface area (Å²) in [7, 11) is 0. The maximum absolute atomic E-state index is 14.7. The lowest BCUT2D eigenvalue weighted by Gasteiger charge is -2.13. The van der Waals surface area contributed by atoms with Gasteiger partial charge in [0.2, 0.25) is 0 Å². The average molecular weight is 530 g/mol. The van der Waals surface area contributed by atoms with E-state index in [2.05, 4.69) is 34.7 Å². The average Bonchev–Trinajstić information content (AvgIpc) is 3.38. The zero-order valence-electron chi connectivity index (χ0n) is 21.3. The number of aromatic nitrogens is 2. The number of carboxylic acids is 1. The molecule has 0 aliphatic carbocycles. The molecule has 40 heavy (non-hydrogen) atoms. The van der Waals surface area contributed by atoms with Crippen LogP contribution in [-0.2, 0) is 13.1 Å². The second-order valence-corrected chi connectivity index (χ2v) is 9.61. The van der Waals surface area contributed by atoms with E-state index in [4.69, 9.17) is 5.11 Å². The molecular weight excluding hydrogens is 505 g/mol. The highest BCUT2D eigenvalue weighted by atomic mass is 19.1. The number of aromatic carboxylic acids is 1. The molecule has 196 valence electrons. The van der Waals surface area contributed by atoms with Gasteiger partial charge in [0.05, 0.1) is 29.4 Å². The summed E-state index contributed by atoms with van der Waals surface area (Å²) in [5, 5.41) is 19.7. The quantitative estimate of drug-likeness (QED) is 0.242. The standard InChI is InChI=1S/C33H24FN3O3/c34-30-8-4-3-7-28(30)26-16-27-19-36-37(20-22-11-12-23-5-1-2-6-25(23)15-22)31(27)29(17-26)32(38)35-18-21-9-13-24(14-10-21)33(39)40/h1-17,19H,18,20H2,(H,35,38)(H,39,40). The van der Waals surface area contributed by atoms with Gasteiger partial charge in [0.25, 0.3) is 5.91 Å². The Kier molecular flexibility index (Phi) is 6.54. The van der Waals surface area contributed by atoms with E-state index in [0.29, 0.717) is 28.8 Å². The number of nitrogens with zero attached hydrogens (tertiary/aromatic N) is 2. The van der Waals surface area contributed by atoms with Gasteiger partial charge in [-0.05, 0) is 63.9 Å². The third kappa shape index (κ3) is 4.92. The van der Waals surface area contributed by atoms with Crippen LogP contribution < -0.4 is 5.32 Å². The highest BCUT2D eigenvalue weighted by Gasteiger charge is 2.19. The Bertz CT molecular complexity index is 1890. The summed E-state index contributed by atoms with van der Waals surface area (Å²) in [5.74, 6) is -1.73. The molecule has 0 aliphatic heterocycles. The number of carboxylic acid groups (broad SMARTS) is 1. The highest BCUT2D eigenvalue weighted by Crippen LogP contribution is 2.30. The van der Waals surface area contributed by atoms with Gasteiger partial charge in [-0.1, -0.05) is 66.7 Å². The molecule has 6 nitrogen and oxygen atoms in total. The maximum Gasteiger partial charge on any atom is 0.335 e. The van der Waals surface area contributed by atoms with Gasteiger partial charge in [-0.15, -0.1) is 0 Å². The molecule has 0 saturated heterocycles. The molecule has 1 amide bonds. The van der Waals surface area contributed by atoms with Crippen LogP contribution in [0.1, 0.15) is 31.8 Å². The molecule has 0 radical (unpaired) electrons. The van der Waals surface area contributed by atoms with E-state index in [0.717, 1.165) is 27.3 Å². The molecule has 0 aliphatic rings. The summed E-state index contributed by atoms with van der Waals surface area (Å²) in [5.41, 5.74) is 3.95. The number of carbonyl (C=O) groups is 2. The Morgan fingerprint density at radius 2 is 1.52 bits per heavy atom. The number of fused-ring (bicyclic) bond motifs is 2. The summed E-state index contributed by atoms with van der Waals surface area (Å²) in [6.45, 7) is 0.646. The molecule has 2 N–H and O–H groups in total. The predicted molar refractivity (Wildman–Crippen MR) is 153 cm³/mol. The monoisotopic (exact) mass is 529 g/mol. The molecule has 5 aromatic carbocycles. The van der Waals surface area contributed by atoms with Crippen molar-refractivity contribution in [1.82, 2.24) is 15.1 Å². The van der Waals surface area contributed by atoms with Crippen LogP contribution in [0.25, 0.3) is 32.8 Å². The second-order valence-electron chi connectivity index (χ2n) is 9.61. The van der Waals surface area contributed by atoms with Crippen molar-refractivity contribution >= 4 is 33.6 Å². The lowest BCUT2D eigenvalue weighted by Crippen LogP contribution is -2.24. The zero-order valence-corrected chi connectivity index (χ0v) is 21.3. The first kappa shape index (κ1) is 25.0. The van der Waals surface area contributed by atoms with Crippen LogP contribution in [0.15, 0.2) is 109 Å². The van der Waals surface area contributed by atoms with Crippen LogP contribution in [-0.4, -0.2) is 26.8 Å². The van der Waals surface area contributed by atoms with Crippen LogP contribution >= 0.6 is 0 Å². The van der Waals surface area contributed by atoms with Gasteiger partial charge in [0.15, 0.2) is 0 Å². The molecule has 6 rings (SSSR count). The minimum atomic E-state index is -1.01. The van der Waals surface area contributed by atoms with Crippen molar-refractivity contribution in [3.63, 3.8) is 0 Å². The molecule has 0 atom stereocenters. The number of amides is 1. The molecule has 7 heteroatoms. The van der Waals surface area contributed by atoms with Crippen molar-refractivity contribution in [2.24, 2.45) is 0 Å². The Morgan fingerprint density at radius 3 is 2.30 bits per heavy atom. The van der Waals surface area contributed by atoms with Gasteiger partial charge >= 0.3 is 5.97 Å². The van der Waals surface area contributed by atoms with E-state index in [-0.39, 0.29) is 23.8 Å². The summed E-state index contributed by atoms with van der Waals surface area (Å²) < 4.78 is 16.5. The van der Waals surface area contributed by atoms with Gasteiger partial charge in [-0.3, -0.25) is 9.48 Å². The number of hydrogen-bond acceptors (Lipinski definition) is 3. The van der Waals surface area contributed by atoms with Crippen molar-refractivity contribution < 1.29 is 19.1 Å². The van der Waals surface area contributed by atoms with E-state index in [1.807, 2.05) is 24.3 Å². The molecule has 1 aromatic heterocycles. The molecular formula is C33H24FN3O3. The fourth-order valence-corrected chi connectivity index (χ4v) is 4.93. The Hall–Kier alpha value is -5.30. The minimum Gasteiger partial charge on any atom is -0.478 e. The number of halogens is 1. The van der Waals surface area contributed by atoms with Crippen LogP contribution in [0, 0.1) is 5.82 Å². The van der Waals surface area contributed by atoms with Crippen molar-refractivity contribution in [3.8, 4) is 11.1 Å². The summed E-state index contributed by atoms with van der Waals surface area (Å²) in [6, 6.07) is 30.7. The van der Waals surface area contributed by atoms with E-state index < -0.39 is 5.97 Å². The lowest BCUT2D eigenvalue weighted by atomic mass is 9.99. The van der Waals surface area contributed by atoms with E-state index >= 15 is 0 Å². The Morgan fingerprint density at radius 1 is 0.800 bits per heavy atom. The normalized spacial score (nSPS) is 11.1. The van der Waals surface area contributed by atoms with Crippen LogP contribution in [0.5, 0.6) is 0 Å². The molecule has 1 heterocycles. The molecule has 0 bridgehead atoms. The second kappa shape index (κ2) is 10.5. The predicted octanol–water partition coefficient (Wildman–Crippen LogP) is 6.67. The zero-order chi connectivity index (χ0) is 27.6. The maximum atomic E-state index is 14.7. The minimum absolute atomic E-state index is 0.173. The first-order valence-electron chi connectivity index (χ1n) is 12.8. The summed E-state index contributed by atoms with van der Waals surface area (Å²) in [6.07, 6.45) is 1.70. The van der Waals surface area contributed by atoms with Crippen LogP contribution in [0.2, 0.25) is 0 Å². The third-order valence-electron chi connectivity index (χ3n) is 6.96. The van der Waals surface area contributed by atoms with Gasteiger partial charge in [0.1, 0.15) is 5.82 Å². The fraction of sp³-hybridized carbons (Fsp3) is 0.0606. The lowest BCUT2D eigenvalue weighted by molar-refractivity contribution is 0.0696. The highest BCUT2D eigenvalue weighted by molar-refractivity contribution is 6.07. The number of nitrogens with one attached hydrogen (secondary N) is 1. The smallest absolute Gasteiger partial charge is 0.335 e. The first-order valence-corrected chi connectivity index (χ1v) is 12.8. The molecule has 0 saturated carbocycles. The summed E-state index contributed by atoms with van der Waals surface area (Å²) >= 11 is 0. The van der Waals surface area contributed by atoms with Gasteiger partial charge in [-0.2, -0.15) is 5.10 Å². The van der Waals surface area contributed by atoms with Crippen molar-refractivity contribution in [2.75, 3.05) is 0 Å². The first-order chi connectivity index (χ1) is 19.5. The topological polar surface area (TPSA) is 84.2 Å². The summed E-state index contributed by atoms with van der Waals surface area (Å²) in [4.78, 5) is 24.8. The molecule has 0 fully saturated rings. The van der Waals surface area contributed by atoms with Gasteiger partial charge < -0.3 is 10.4 Å². The van der Waals surface area contributed by atoms with E-state index in [1.54, 1.807) is 47.3 Å².